The first-order valence-electron chi connectivity index (χ1n) is 7.16. The van der Waals surface area contributed by atoms with Gasteiger partial charge in [-0.05, 0) is 54.3 Å². The summed E-state index contributed by atoms with van der Waals surface area (Å²) in [5.41, 5.74) is 2.70. The van der Waals surface area contributed by atoms with E-state index in [1.165, 1.54) is 12.1 Å². The fourth-order valence-corrected chi connectivity index (χ4v) is 3.08. The largest absolute Gasteiger partial charge is 0.269 e. The highest BCUT2D eigenvalue weighted by molar-refractivity contribution is 7.99. The summed E-state index contributed by atoms with van der Waals surface area (Å²) in [6, 6.07) is 9.93. The normalized spacial score (nSPS) is 10.7. The molecule has 2 aromatic rings. The van der Waals surface area contributed by atoms with Crippen LogP contribution in [0.2, 0.25) is 0 Å². The van der Waals surface area contributed by atoms with E-state index >= 15 is 0 Å². The molecule has 0 unspecified atom stereocenters. The number of nitro groups is 1. The van der Waals surface area contributed by atoms with Gasteiger partial charge in [0.2, 0.25) is 0 Å². The van der Waals surface area contributed by atoms with Gasteiger partial charge in [-0.15, -0.1) is 11.8 Å². The van der Waals surface area contributed by atoms with E-state index < -0.39 is 4.92 Å². The van der Waals surface area contributed by atoms with Crippen molar-refractivity contribution in [3.8, 4) is 0 Å². The van der Waals surface area contributed by atoms with Crippen molar-refractivity contribution in [2.24, 2.45) is 0 Å². The van der Waals surface area contributed by atoms with Crippen LogP contribution in [-0.4, -0.2) is 10.7 Å². The molecule has 0 aromatic heterocycles. The molecule has 0 aliphatic heterocycles. The van der Waals surface area contributed by atoms with Gasteiger partial charge in [0.15, 0.2) is 0 Å². The van der Waals surface area contributed by atoms with Crippen LogP contribution in [0.1, 0.15) is 23.6 Å². The fraction of sp³-hybridized carbons (Fsp3) is 0.294. The van der Waals surface area contributed by atoms with Gasteiger partial charge in [0.1, 0.15) is 5.82 Å². The highest BCUT2D eigenvalue weighted by Crippen LogP contribution is 2.26. The monoisotopic (exact) mass is 319 g/mol. The first-order valence-corrected chi connectivity index (χ1v) is 8.15. The number of hydrogen-bond acceptors (Lipinski definition) is 3. The fourth-order valence-electron chi connectivity index (χ4n) is 2.26. The van der Waals surface area contributed by atoms with E-state index in [0.29, 0.717) is 18.4 Å². The molecule has 0 spiro atoms. The average Bonchev–Trinajstić information content (AvgIpc) is 2.49. The van der Waals surface area contributed by atoms with E-state index in [1.54, 1.807) is 30.0 Å². The molecular weight excluding hydrogens is 301 g/mol. The number of non-ortho nitro benzene ring substituents is 1. The van der Waals surface area contributed by atoms with E-state index in [1.807, 2.05) is 13.0 Å². The maximum atomic E-state index is 14.0. The predicted octanol–water partition coefficient (Wildman–Crippen LogP) is 4.94. The zero-order chi connectivity index (χ0) is 16.1. The van der Waals surface area contributed by atoms with E-state index in [2.05, 4.69) is 6.92 Å². The number of aryl methyl sites for hydroxylation is 3. The molecule has 0 N–H and O–H groups in total. The number of nitrogens with zero attached hydrogens (tertiary/aromatic N) is 1. The summed E-state index contributed by atoms with van der Waals surface area (Å²) in [5, 5.41) is 10.6. The third-order valence-electron chi connectivity index (χ3n) is 3.47. The Labute approximate surface area is 133 Å². The lowest BCUT2D eigenvalue weighted by Gasteiger charge is -2.09. The minimum atomic E-state index is -0.419. The first-order chi connectivity index (χ1) is 10.5. The third kappa shape index (κ3) is 4.07. The third-order valence-corrected chi connectivity index (χ3v) is 4.51. The number of rotatable bonds is 6. The molecule has 116 valence electrons. The van der Waals surface area contributed by atoms with Crippen LogP contribution in [0.15, 0.2) is 41.3 Å². The van der Waals surface area contributed by atoms with E-state index in [9.17, 15) is 14.5 Å². The summed E-state index contributed by atoms with van der Waals surface area (Å²) in [7, 11) is 0. The number of halogens is 1. The van der Waals surface area contributed by atoms with Crippen molar-refractivity contribution in [3.05, 3.63) is 69.0 Å². The van der Waals surface area contributed by atoms with E-state index in [4.69, 9.17) is 0 Å². The molecule has 2 rings (SSSR count). The van der Waals surface area contributed by atoms with Crippen molar-refractivity contribution in [3.63, 3.8) is 0 Å². The summed E-state index contributed by atoms with van der Waals surface area (Å²) < 4.78 is 14.0. The Bertz CT molecular complexity index is 671. The number of nitro benzene ring substituents is 1. The topological polar surface area (TPSA) is 43.1 Å². The van der Waals surface area contributed by atoms with Crippen molar-refractivity contribution < 1.29 is 9.31 Å². The molecule has 0 amide bonds. The van der Waals surface area contributed by atoms with Crippen LogP contribution in [0.4, 0.5) is 10.1 Å². The van der Waals surface area contributed by atoms with Gasteiger partial charge in [0.25, 0.3) is 5.69 Å². The van der Waals surface area contributed by atoms with Crippen LogP contribution in [0, 0.1) is 22.9 Å². The molecule has 5 heteroatoms. The van der Waals surface area contributed by atoms with Crippen molar-refractivity contribution in [2.75, 3.05) is 5.75 Å². The van der Waals surface area contributed by atoms with E-state index in [0.717, 1.165) is 21.8 Å². The number of hydrogen-bond donors (Lipinski definition) is 0. The molecule has 2 aromatic carbocycles. The highest BCUT2D eigenvalue weighted by atomic mass is 32.2. The smallest absolute Gasteiger partial charge is 0.258 e. The van der Waals surface area contributed by atoms with Crippen molar-refractivity contribution in [1.29, 1.82) is 0 Å². The van der Waals surface area contributed by atoms with Crippen molar-refractivity contribution >= 4 is 17.4 Å². The molecule has 0 heterocycles. The Balaban J connectivity index is 2.10. The predicted molar refractivity (Wildman–Crippen MR) is 88.0 cm³/mol. The lowest BCUT2D eigenvalue weighted by atomic mass is 10.0. The zero-order valence-electron chi connectivity index (χ0n) is 12.6. The number of benzene rings is 2. The van der Waals surface area contributed by atoms with Gasteiger partial charge in [-0.25, -0.2) is 4.39 Å². The summed E-state index contributed by atoms with van der Waals surface area (Å²) in [6.45, 7) is 3.99. The molecule has 22 heavy (non-hydrogen) atoms. The summed E-state index contributed by atoms with van der Waals surface area (Å²) >= 11 is 1.71. The molecule has 3 nitrogen and oxygen atoms in total. The Morgan fingerprint density at radius 2 is 1.86 bits per heavy atom. The van der Waals surface area contributed by atoms with Gasteiger partial charge < -0.3 is 0 Å². The van der Waals surface area contributed by atoms with Crippen LogP contribution in [0.3, 0.4) is 0 Å². The Kier molecular flexibility index (Phi) is 5.55. The van der Waals surface area contributed by atoms with Gasteiger partial charge in [-0.1, -0.05) is 19.1 Å². The summed E-state index contributed by atoms with van der Waals surface area (Å²) in [5.74, 6) is 0.772. The van der Waals surface area contributed by atoms with Gasteiger partial charge in [0, 0.05) is 17.0 Å². The Hall–Kier alpha value is -1.88. The van der Waals surface area contributed by atoms with Crippen LogP contribution in [-0.2, 0) is 12.8 Å². The van der Waals surface area contributed by atoms with Crippen LogP contribution >= 0.6 is 11.8 Å². The maximum absolute atomic E-state index is 14.0. The second-order valence-corrected chi connectivity index (χ2v) is 6.37. The maximum Gasteiger partial charge on any atom is 0.269 e. The van der Waals surface area contributed by atoms with Crippen LogP contribution in [0.5, 0.6) is 0 Å². The van der Waals surface area contributed by atoms with Gasteiger partial charge in [0.05, 0.1) is 4.92 Å². The summed E-state index contributed by atoms with van der Waals surface area (Å²) in [6.07, 6.45) is 1.25. The van der Waals surface area contributed by atoms with Gasteiger partial charge >= 0.3 is 0 Å². The van der Waals surface area contributed by atoms with Crippen LogP contribution < -0.4 is 0 Å². The highest BCUT2D eigenvalue weighted by Gasteiger charge is 2.09. The van der Waals surface area contributed by atoms with Gasteiger partial charge in [-0.2, -0.15) is 0 Å². The SMILES string of the molecule is CCSc1cc(CCc2ccc([N+](=O)[O-])cc2)c(F)cc1C. The lowest BCUT2D eigenvalue weighted by molar-refractivity contribution is -0.384. The van der Waals surface area contributed by atoms with E-state index in [-0.39, 0.29) is 11.5 Å². The molecule has 0 atom stereocenters. The lowest BCUT2D eigenvalue weighted by Crippen LogP contribution is -1.97. The minimum absolute atomic E-state index is 0.0758. The quantitative estimate of drug-likeness (QED) is 0.430. The minimum Gasteiger partial charge on any atom is -0.258 e. The molecule has 0 radical (unpaired) electrons. The van der Waals surface area contributed by atoms with Crippen molar-refractivity contribution in [1.82, 2.24) is 0 Å². The van der Waals surface area contributed by atoms with Gasteiger partial charge in [-0.3, -0.25) is 10.1 Å². The molecule has 0 aliphatic rings. The second kappa shape index (κ2) is 7.40. The Morgan fingerprint density at radius 3 is 2.45 bits per heavy atom. The molecular formula is C17H18FNO2S. The van der Waals surface area contributed by atoms with Crippen molar-refractivity contribution in [2.45, 2.75) is 31.6 Å². The average molecular weight is 319 g/mol. The van der Waals surface area contributed by atoms with Crippen LogP contribution in [0.25, 0.3) is 0 Å². The second-order valence-electron chi connectivity index (χ2n) is 5.07. The Morgan fingerprint density at radius 1 is 1.18 bits per heavy atom. The molecule has 0 bridgehead atoms. The molecule has 0 aliphatic carbocycles. The summed E-state index contributed by atoms with van der Waals surface area (Å²) in [4.78, 5) is 11.3. The standard InChI is InChI=1S/C17H18FNO2S/c1-3-22-17-11-14(16(18)10-12(17)2)7-4-13-5-8-15(9-6-13)19(20)21/h5-6,8-11H,3-4,7H2,1-2H3. The number of thioether (sulfide) groups is 1. The molecule has 0 saturated carbocycles. The molecule has 0 saturated heterocycles. The first kappa shape index (κ1) is 16.5. The molecule has 0 fully saturated rings. The zero-order valence-corrected chi connectivity index (χ0v) is 13.5.